The molecule has 0 radical (unpaired) electrons. The summed E-state index contributed by atoms with van der Waals surface area (Å²) in [5.74, 6) is 0. The lowest BCUT2D eigenvalue weighted by Gasteiger charge is -2.50. The van der Waals surface area contributed by atoms with Crippen LogP contribution in [0, 0.1) is 0 Å². The quantitative estimate of drug-likeness (QED) is 0.813. The molecule has 2 rings (SSSR count). The maximum atomic E-state index is 5.76. The van der Waals surface area contributed by atoms with Crippen molar-refractivity contribution in [3.05, 3.63) is 0 Å². The molecule has 2 unspecified atom stereocenters. The Morgan fingerprint density at radius 2 is 2.12 bits per heavy atom. The summed E-state index contributed by atoms with van der Waals surface area (Å²) in [6.45, 7) is 10.3. The van der Waals surface area contributed by atoms with Crippen LogP contribution in [0.2, 0.25) is 0 Å². The third-order valence-electron chi connectivity index (χ3n) is 4.97. The topological polar surface area (TPSA) is 24.5 Å². The van der Waals surface area contributed by atoms with E-state index >= 15 is 0 Å². The number of nitrogens with zero attached hydrogens (tertiary/aromatic N) is 1. The third kappa shape index (κ3) is 2.67. The van der Waals surface area contributed by atoms with E-state index in [1.807, 2.05) is 7.11 Å². The second-order valence-corrected chi connectivity index (χ2v) is 6.29. The van der Waals surface area contributed by atoms with Crippen LogP contribution < -0.4 is 5.32 Å². The lowest BCUT2D eigenvalue weighted by Crippen LogP contribution is -2.65. The molecule has 2 aliphatic rings. The number of rotatable bonds is 4. The summed E-state index contributed by atoms with van der Waals surface area (Å²) >= 11 is 0. The molecule has 100 valence electrons. The summed E-state index contributed by atoms with van der Waals surface area (Å²) in [7, 11) is 1.88. The molecule has 0 amide bonds. The lowest BCUT2D eigenvalue weighted by atomic mass is 9.78. The van der Waals surface area contributed by atoms with Gasteiger partial charge in [0, 0.05) is 38.3 Å². The van der Waals surface area contributed by atoms with Gasteiger partial charge in [0.1, 0.15) is 0 Å². The molecule has 1 aliphatic carbocycles. The van der Waals surface area contributed by atoms with Gasteiger partial charge in [-0.2, -0.15) is 0 Å². The Morgan fingerprint density at radius 3 is 2.59 bits per heavy atom. The Balaban J connectivity index is 1.98. The van der Waals surface area contributed by atoms with Crippen molar-refractivity contribution < 1.29 is 4.74 Å². The maximum Gasteiger partial charge on any atom is 0.0805 e. The normalized spacial score (nSPS) is 37.8. The zero-order valence-corrected chi connectivity index (χ0v) is 11.9. The molecule has 2 atom stereocenters. The van der Waals surface area contributed by atoms with E-state index < -0.39 is 0 Å². The molecule has 0 bridgehead atoms. The van der Waals surface area contributed by atoms with Crippen molar-refractivity contribution in [2.45, 2.75) is 63.6 Å². The summed E-state index contributed by atoms with van der Waals surface area (Å²) in [5.41, 5.74) is 0.450. The Hall–Kier alpha value is -0.120. The summed E-state index contributed by atoms with van der Waals surface area (Å²) < 4.78 is 5.76. The van der Waals surface area contributed by atoms with Crippen LogP contribution in [0.15, 0.2) is 0 Å². The van der Waals surface area contributed by atoms with Gasteiger partial charge in [-0.25, -0.2) is 0 Å². The van der Waals surface area contributed by atoms with E-state index in [4.69, 9.17) is 4.74 Å². The molecule has 1 aliphatic heterocycles. The van der Waals surface area contributed by atoms with Crippen LogP contribution in [0.1, 0.15) is 46.5 Å². The molecular formula is C14H28N2O. The molecule has 2 fully saturated rings. The second kappa shape index (κ2) is 4.87. The van der Waals surface area contributed by atoms with E-state index in [0.717, 1.165) is 19.6 Å². The number of nitrogens with one attached hydrogen (secondary N) is 1. The van der Waals surface area contributed by atoms with Gasteiger partial charge in [-0.3, -0.25) is 4.90 Å². The number of ether oxygens (including phenoxy) is 1. The fourth-order valence-corrected chi connectivity index (χ4v) is 3.00. The fraction of sp³-hybridized carbons (Fsp3) is 1.00. The van der Waals surface area contributed by atoms with Crippen LogP contribution in [0.25, 0.3) is 0 Å². The van der Waals surface area contributed by atoms with E-state index in [-0.39, 0.29) is 11.1 Å². The van der Waals surface area contributed by atoms with Crippen LogP contribution in [-0.4, -0.2) is 48.8 Å². The van der Waals surface area contributed by atoms with E-state index in [9.17, 15) is 0 Å². The molecule has 0 aromatic rings. The van der Waals surface area contributed by atoms with Gasteiger partial charge < -0.3 is 10.1 Å². The molecule has 0 aromatic carbocycles. The minimum Gasteiger partial charge on any atom is -0.377 e. The minimum absolute atomic E-state index is 0.167. The van der Waals surface area contributed by atoms with Crippen molar-refractivity contribution in [2.75, 3.05) is 26.7 Å². The summed E-state index contributed by atoms with van der Waals surface area (Å²) in [4.78, 5) is 2.63. The van der Waals surface area contributed by atoms with Gasteiger partial charge in [-0.05, 0) is 39.5 Å². The van der Waals surface area contributed by atoms with Gasteiger partial charge in [0.15, 0.2) is 0 Å². The van der Waals surface area contributed by atoms with Crippen LogP contribution >= 0.6 is 0 Å². The first-order valence-corrected chi connectivity index (χ1v) is 7.07. The molecule has 0 aromatic heterocycles. The summed E-state index contributed by atoms with van der Waals surface area (Å²) in [5, 5.41) is 3.68. The predicted octanol–water partition coefficient (Wildman–Crippen LogP) is 2.02. The molecular weight excluding hydrogens is 212 g/mol. The SMILES string of the molecule is CCC1(C)CN(CC2(OC)CCC2)C(C)CN1. The fourth-order valence-electron chi connectivity index (χ4n) is 3.00. The van der Waals surface area contributed by atoms with Gasteiger partial charge in [0.05, 0.1) is 5.60 Å². The van der Waals surface area contributed by atoms with Crippen molar-refractivity contribution in [3.8, 4) is 0 Å². The molecule has 3 heteroatoms. The van der Waals surface area contributed by atoms with E-state index in [0.29, 0.717) is 6.04 Å². The van der Waals surface area contributed by atoms with Gasteiger partial charge >= 0.3 is 0 Å². The monoisotopic (exact) mass is 240 g/mol. The molecule has 3 nitrogen and oxygen atoms in total. The van der Waals surface area contributed by atoms with Gasteiger partial charge in [0.25, 0.3) is 0 Å². The molecule has 17 heavy (non-hydrogen) atoms. The first-order valence-electron chi connectivity index (χ1n) is 7.07. The van der Waals surface area contributed by atoms with Crippen molar-refractivity contribution in [2.24, 2.45) is 0 Å². The Morgan fingerprint density at radius 1 is 1.41 bits per heavy atom. The van der Waals surface area contributed by atoms with Gasteiger partial charge in [-0.1, -0.05) is 6.92 Å². The summed E-state index contributed by atoms with van der Waals surface area (Å²) in [6.07, 6.45) is 5.00. The van der Waals surface area contributed by atoms with E-state index in [1.165, 1.54) is 25.7 Å². The van der Waals surface area contributed by atoms with Crippen LogP contribution in [0.5, 0.6) is 0 Å². The van der Waals surface area contributed by atoms with Crippen LogP contribution in [0.3, 0.4) is 0 Å². The van der Waals surface area contributed by atoms with Crippen LogP contribution in [0.4, 0.5) is 0 Å². The maximum absolute atomic E-state index is 5.76. The Labute approximate surface area is 106 Å². The smallest absolute Gasteiger partial charge is 0.0805 e. The second-order valence-electron chi connectivity index (χ2n) is 6.29. The van der Waals surface area contributed by atoms with Crippen molar-refractivity contribution in [1.82, 2.24) is 10.2 Å². The zero-order valence-electron chi connectivity index (χ0n) is 11.9. The highest BCUT2D eigenvalue weighted by molar-refractivity contribution is 4.99. The number of hydrogen-bond donors (Lipinski definition) is 1. The first-order chi connectivity index (χ1) is 8.02. The first kappa shape index (κ1) is 13.3. The standard InChI is InChI=1S/C14H28N2O/c1-5-13(3)10-16(12(2)9-15-13)11-14(17-4)7-6-8-14/h12,15H,5-11H2,1-4H3. The van der Waals surface area contributed by atoms with E-state index in [1.54, 1.807) is 0 Å². The molecule has 0 spiro atoms. The highest BCUT2D eigenvalue weighted by Gasteiger charge is 2.42. The Kier molecular flexibility index (Phi) is 3.81. The van der Waals surface area contributed by atoms with Crippen molar-refractivity contribution in [1.29, 1.82) is 0 Å². The third-order valence-corrected chi connectivity index (χ3v) is 4.97. The van der Waals surface area contributed by atoms with E-state index in [2.05, 4.69) is 31.0 Å². The van der Waals surface area contributed by atoms with Crippen molar-refractivity contribution in [3.63, 3.8) is 0 Å². The molecule has 1 heterocycles. The van der Waals surface area contributed by atoms with Gasteiger partial charge in [-0.15, -0.1) is 0 Å². The lowest BCUT2D eigenvalue weighted by molar-refractivity contribution is -0.104. The van der Waals surface area contributed by atoms with Crippen molar-refractivity contribution >= 4 is 0 Å². The molecule has 1 saturated carbocycles. The van der Waals surface area contributed by atoms with Gasteiger partial charge in [0.2, 0.25) is 0 Å². The number of hydrogen-bond acceptors (Lipinski definition) is 3. The number of methoxy groups -OCH3 is 1. The Bertz CT molecular complexity index is 259. The predicted molar refractivity (Wildman–Crippen MR) is 71.3 cm³/mol. The summed E-state index contributed by atoms with van der Waals surface area (Å²) in [6, 6.07) is 0.627. The minimum atomic E-state index is 0.167. The average Bonchev–Trinajstić information content (AvgIpc) is 2.28. The molecule has 1 saturated heterocycles. The highest BCUT2D eigenvalue weighted by atomic mass is 16.5. The van der Waals surface area contributed by atoms with Crippen LogP contribution in [-0.2, 0) is 4.74 Å². The number of piperazine rings is 1. The molecule has 1 N–H and O–H groups in total. The zero-order chi connectivity index (χ0) is 12.5. The highest BCUT2D eigenvalue weighted by Crippen LogP contribution is 2.36. The largest absolute Gasteiger partial charge is 0.377 e. The average molecular weight is 240 g/mol.